The summed E-state index contributed by atoms with van der Waals surface area (Å²) in [5.41, 5.74) is 3.87. The van der Waals surface area contributed by atoms with E-state index in [2.05, 4.69) is 15.3 Å². The van der Waals surface area contributed by atoms with Crippen LogP contribution in [0, 0.1) is 6.92 Å². The van der Waals surface area contributed by atoms with Gasteiger partial charge in [-0.1, -0.05) is 24.3 Å². The molecular weight excluding hydrogens is 262 g/mol. The van der Waals surface area contributed by atoms with Crippen molar-refractivity contribution in [3.05, 3.63) is 65.6 Å². The van der Waals surface area contributed by atoms with Crippen LogP contribution in [0.5, 0.6) is 0 Å². The summed E-state index contributed by atoms with van der Waals surface area (Å²) in [5.74, 6) is -0.0231. The van der Waals surface area contributed by atoms with Crippen molar-refractivity contribution in [1.29, 1.82) is 0 Å². The topological polar surface area (TPSA) is 57.8 Å². The molecule has 1 amide bonds. The minimum Gasteiger partial charge on any atom is -0.364 e. The average molecular weight is 279 g/mol. The standard InChI is InChI=1S/C17H17N3O/c1-12-4-2-5-13-7-8-14(20-17(12)13)10-16(21)19-11-15-6-3-9-18-15/h2-9,18H,10-11H2,1H3,(H,19,21). The molecule has 0 spiro atoms. The predicted molar refractivity (Wildman–Crippen MR) is 82.8 cm³/mol. The lowest BCUT2D eigenvalue weighted by atomic mass is 10.1. The van der Waals surface area contributed by atoms with E-state index in [1.807, 2.05) is 55.6 Å². The van der Waals surface area contributed by atoms with Crippen molar-refractivity contribution >= 4 is 16.8 Å². The van der Waals surface area contributed by atoms with Gasteiger partial charge < -0.3 is 10.3 Å². The number of nitrogens with one attached hydrogen (secondary N) is 2. The van der Waals surface area contributed by atoms with Crippen LogP contribution in [0.1, 0.15) is 17.0 Å². The first-order valence-corrected chi connectivity index (χ1v) is 6.96. The maximum Gasteiger partial charge on any atom is 0.226 e. The molecule has 0 aliphatic heterocycles. The number of pyridine rings is 1. The Morgan fingerprint density at radius 3 is 2.90 bits per heavy atom. The molecule has 2 aromatic heterocycles. The Morgan fingerprint density at radius 1 is 1.19 bits per heavy atom. The maximum atomic E-state index is 12.0. The molecule has 3 rings (SSSR count). The Bertz CT molecular complexity index is 763. The van der Waals surface area contributed by atoms with Gasteiger partial charge in [0.15, 0.2) is 0 Å². The van der Waals surface area contributed by atoms with E-state index in [-0.39, 0.29) is 5.91 Å². The van der Waals surface area contributed by atoms with E-state index in [0.29, 0.717) is 13.0 Å². The predicted octanol–water partition coefficient (Wildman–Crippen LogP) is 2.73. The molecule has 4 heteroatoms. The van der Waals surface area contributed by atoms with Crippen LogP contribution >= 0.6 is 0 Å². The third kappa shape index (κ3) is 3.11. The van der Waals surface area contributed by atoms with E-state index in [0.717, 1.165) is 27.9 Å². The van der Waals surface area contributed by atoms with Crippen LogP contribution in [0.3, 0.4) is 0 Å². The second kappa shape index (κ2) is 5.79. The number of benzene rings is 1. The van der Waals surface area contributed by atoms with Gasteiger partial charge in [0, 0.05) is 17.3 Å². The van der Waals surface area contributed by atoms with Crippen LogP contribution in [-0.4, -0.2) is 15.9 Å². The average Bonchev–Trinajstić information content (AvgIpc) is 2.99. The van der Waals surface area contributed by atoms with Gasteiger partial charge >= 0.3 is 0 Å². The number of para-hydroxylation sites is 1. The van der Waals surface area contributed by atoms with Crippen LogP contribution in [-0.2, 0) is 17.8 Å². The number of aryl methyl sites for hydroxylation is 1. The largest absolute Gasteiger partial charge is 0.364 e. The number of hydrogen-bond donors (Lipinski definition) is 2. The van der Waals surface area contributed by atoms with Crippen LogP contribution < -0.4 is 5.32 Å². The molecule has 3 aromatic rings. The van der Waals surface area contributed by atoms with Crippen LogP contribution in [0.25, 0.3) is 10.9 Å². The van der Waals surface area contributed by atoms with Gasteiger partial charge in [0.1, 0.15) is 0 Å². The summed E-state index contributed by atoms with van der Waals surface area (Å²) in [6, 6.07) is 13.9. The van der Waals surface area contributed by atoms with Gasteiger partial charge in [-0.15, -0.1) is 0 Å². The lowest BCUT2D eigenvalue weighted by molar-refractivity contribution is -0.120. The minimum atomic E-state index is -0.0231. The van der Waals surface area contributed by atoms with Gasteiger partial charge in [0.25, 0.3) is 0 Å². The number of nitrogens with zero attached hydrogens (tertiary/aromatic N) is 1. The van der Waals surface area contributed by atoms with E-state index in [1.54, 1.807) is 0 Å². The Labute approximate surface area is 123 Å². The first-order valence-electron chi connectivity index (χ1n) is 6.96. The van der Waals surface area contributed by atoms with Crippen molar-refractivity contribution in [2.75, 3.05) is 0 Å². The molecule has 0 bridgehead atoms. The second-order valence-electron chi connectivity index (χ2n) is 5.10. The van der Waals surface area contributed by atoms with E-state index in [1.165, 1.54) is 0 Å². The Balaban J connectivity index is 1.69. The van der Waals surface area contributed by atoms with E-state index < -0.39 is 0 Å². The summed E-state index contributed by atoms with van der Waals surface area (Å²) in [6.07, 6.45) is 2.14. The number of aromatic nitrogens is 2. The smallest absolute Gasteiger partial charge is 0.226 e. The van der Waals surface area contributed by atoms with Gasteiger partial charge in [0.2, 0.25) is 5.91 Å². The molecule has 0 aliphatic carbocycles. The number of carbonyl (C=O) groups is 1. The van der Waals surface area contributed by atoms with E-state index in [4.69, 9.17) is 0 Å². The summed E-state index contributed by atoms with van der Waals surface area (Å²) in [5, 5.41) is 3.99. The molecular formula is C17H17N3O. The van der Waals surface area contributed by atoms with Crippen LogP contribution in [0.15, 0.2) is 48.7 Å². The van der Waals surface area contributed by atoms with Crippen molar-refractivity contribution < 1.29 is 4.79 Å². The molecule has 0 saturated carbocycles. The minimum absolute atomic E-state index is 0.0231. The Kier molecular flexibility index (Phi) is 3.69. The van der Waals surface area contributed by atoms with Gasteiger partial charge in [-0.2, -0.15) is 0 Å². The van der Waals surface area contributed by atoms with Crippen molar-refractivity contribution in [2.45, 2.75) is 19.9 Å². The van der Waals surface area contributed by atoms with Gasteiger partial charge in [0.05, 0.1) is 24.2 Å². The number of rotatable bonds is 4. The molecule has 0 aliphatic rings. The van der Waals surface area contributed by atoms with Crippen LogP contribution in [0.4, 0.5) is 0 Å². The molecule has 106 valence electrons. The molecule has 21 heavy (non-hydrogen) atoms. The molecule has 1 aromatic carbocycles. The fourth-order valence-corrected chi connectivity index (χ4v) is 2.33. The Morgan fingerprint density at radius 2 is 2.10 bits per heavy atom. The normalized spacial score (nSPS) is 10.7. The molecule has 0 unspecified atom stereocenters. The van der Waals surface area contributed by atoms with Gasteiger partial charge in [-0.25, -0.2) is 0 Å². The highest BCUT2D eigenvalue weighted by molar-refractivity contribution is 5.83. The number of hydrogen-bond acceptors (Lipinski definition) is 2. The molecule has 0 fully saturated rings. The summed E-state index contributed by atoms with van der Waals surface area (Å²) in [6.45, 7) is 2.54. The lowest BCUT2D eigenvalue weighted by Crippen LogP contribution is -2.25. The summed E-state index contributed by atoms with van der Waals surface area (Å²) < 4.78 is 0. The van der Waals surface area contributed by atoms with Crippen molar-refractivity contribution in [3.63, 3.8) is 0 Å². The number of H-pyrrole nitrogens is 1. The number of carbonyl (C=O) groups excluding carboxylic acids is 1. The zero-order valence-electron chi connectivity index (χ0n) is 11.9. The van der Waals surface area contributed by atoms with Gasteiger partial charge in [-0.05, 0) is 30.7 Å². The number of fused-ring (bicyclic) bond motifs is 1. The molecule has 0 atom stereocenters. The summed E-state index contributed by atoms with van der Waals surface area (Å²) in [7, 11) is 0. The SMILES string of the molecule is Cc1cccc2ccc(CC(=O)NCc3ccc[nH]3)nc12. The second-order valence-corrected chi connectivity index (χ2v) is 5.10. The highest BCUT2D eigenvalue weighted by Gasteiger charge is 2.06. The van der Waals surface area contributed by atoms with E-state index in [9.17, 15) is 4.79 Å². The third-order valence-electron chi connectivity index (χ3n) is 3.46. The quantitative estimate of drug-likeness (QED) is 0.771. The zero-order valence-corrected chi connectivity index (χ0v) is 11.9. The van der Waals surface area contributed by atoms with Crippen molar-refractivity contribution in [2.24, 2.45) is 0 Å². The first-order chi connectivity index (χ1) is 10.2. The molecule has 0 radical (unpaired) electrons. The summed E-state index contributed by atoms with van der Waals surface area (Å²) >= 11 is 0. The highest BCUT2D eigenvalue weighted by Crippen LogP contribution is 2.16. The molecule has 2 N–H and O–H groups in total. The lowest BCUT2D eigenvalue weighted by Gasteiger charge is -2.06. The Hall–Kier alpha value is -2.62. The molecule has 0 saturated heterocycles. The number of amides is 1. The van der Waals surface area contributed by atoms with Crippen molar-refractivity contribution in [1.82, 2.24) is 15.3 Å². The first kappa shape index (κ1) is 13.4. The van der Waals surface area contributed by atoms with E-state index >= 15 is 0 Å². The monoisotopic (exact) mass is 279 g/mol. The fraction of sp³-hybridized carbons (Fsp3) is 0.176. The molecule has 4 nitrogen and oxygen atoms in total. The van der Waals surface area contributed by atoms with Gasteiger partial charge in [-0.3, -0.25) is 9.78 Å². The van der Waals surface area contributed by atoms with Crippen molar-refractivity contribution in [3.8, 4) is 0 Å². The maximum absolute atomic E-state index is 12.0. The highest BCUT2D eigenvalue weighted by atomic mass is 16.1. The van der Waals surface area contributed by atoms with Crippen LogP contribution in [0.2, 0.25) is 0 Å². The molecule has 2 heterocycles. The third-order valence-corrected chi connectivity index (χ3v) is 3.46. The zero-order chi connectivity index (χ0) is 14.7. The fourth-order valence-electron chi connectivity index (χ4n) is 2.33. The number of aromatic amines is 1. The summed E-state index contributed by atoms with van der Waals surface area (Å²) in [4.78, 5) is 19.6.